The van der Waals surface area contributed by atoms with Crippen LogP contribution in [0.5, 0.6) is 0 Å². The summed E-state index contributed by atoms with van der Waals surface area (Å²) in [6.45, 7) is 7.01. The number of hydrogen-bond acceptors (Lipinski definition) is 7. The molecular weight excluding hydrogens is 448 g/mol. The summed E-state index contributed by atoms with van der Waals surface area (Å²) in [6.07, 6.45) is 3.88. The summed E-state index contributed by atoms with van der Waals surface area (Å²) in [4.78, 5) is 21.5. The van der Waals surface area contributed by atoms with Crippen LogP contribution in [0.3, 0.4) is 0 Å². The molecule has 0 spiro atoms. The van der Waals surface area contributed by atoms with Gasteiger partial charge < -0.3 is 25.3 Å². The fourth-order valence-corrected chi connectivity index (χ4v) is 4.89. The lowest BCUT2D eigenvalue weighted by molar-refractivity contribution is 0.0280. The monoisotopic (exact) mass is 476 g/mol. The van der Waals surface area contributed by atoms with Crippen molar-refractivity contribution in [1.29, 1.82) is 0 Å². The Balaban J connectivity index is 1.46. The Morgan fingerprint density at radius 2 is 2.03 bits per heavy atom. The normalized spacial score (nSPS) is 21.0. The van der Waals surface area contributed by atoms with Gasteiger partial charge in [-0.3, -0.25) is 9.69 Å². The summed E-state index contributed by atoms with van der Waals surface area (Å²) in [6, 6.07) is 6.86. The Morgan fingerprint density at radius 1 is 1.27 bits per heavy atom. The smallest absolute Gasteiger partial charge is 0.293 e. The lowest BCUT2D eigenvalue weighted by atomic mass is 10.0. The van der Waals surface area contributed by atoms with E-state index in [1.165, 1.54) is 4.57 Å². The van der Waals surface area contributed by atoms with Gasteiger partial charge in [-0.25, -0.2) is 4.98 Å². The molecule has 9 heteroatoms. The van der Waals surface area contributed by atoms with Crippen molar-refractivity contribution in [3.8, 4) is 0 Å². The number of benzene rings is 1. The molecular formula is C21H29BrN6O2. The van der Waals surface area contributed by atoms with Crippen LogP contribution in [0.15, 0.2) is 33.8 Å². The van der Waals surface area contributed by atoms with E-state index >= 15 is 0 Å². The van der Waals surface area contributed by atoms with Gasteiger partial charge >= 0.3 is 0 Å². The molecule has 0 amide bonds. The van der Waals surface area contributed by atoms with Crippen molar-refractivity contribution >= 4 is 38.8 Å². The zero-order chi connectivity index (χ0) is 21.3. The molecule has 3 N–H and O–H groups in total. The third kappa shape index (κ3) is 4.48. The molecule has 1 unspecified atom stereocenters. The molecule has 2 aliphatic rings. The van der Waals surface area contributed by atoms with Gasteiger partial charge in [-0.05, 0) is 53.9 Å². The molecule has 8 nitrogen and oxygen atoms in total. The van der Waals surface area contributed by atoms with E-state index in [1.54, 1.807) is 13.2 Å². The number of nitrogens with two attached hydrogens (primary N) is 1. The average Bonchev–Trinajstić information content (AvgIpc) is 2.73. The van der Waals surface area contributed by atoms with Gasteiger partial charge in [-0.2, -0.15) is 0 Å². The summed E-state index contributed by atoms with van der Waals surface area (Å²) in [5.41, 5.74) is 8.70. The SMILES string of the molecule is CC1CN(C2CCOCC2)CCN1c1ccc(Nc2nc(Br)cn(C)c2=O)cc1N. The standard InChI is InChI=1S/C21H29BrN6O2/c1-14-12-27(16-5-9-30-10-6-16)7-8-28(14)18-4-3-15(11-17(18)23)24-20-21(29)26(2)13-19(22)25-20/h3-4,11,13-14,16H,5-10,12,23H2,1-2H3,(H,24,25). The quantitative estimate of drug-likeness (QED) is 0.655. The van der Waals surface area contributed by atoms with Crippen LogP contribution < -0.4 is 21.5 Å². The second-order valence-corrected chi connectivity index (χ2v) is 8.92. The molecule has 0 aliphatic carbocycles. The third-order valence-electron chi connectivity index (χ3n) is 6.01. The van der Waals surface area contributed by atoms with E-state index in [-0.39, 0.29) is 11.4 Å². The number of nitrogens with zero attached hydrogens (tertiary/aromatic N) is 4. The molecule has 2 aliphatic heterocycles. The van der Waals surface area contributed by atoms with Crippen molar-refractivity contribution in [2.45, 2.75) is 31.8 Å². The number of aromatic nitrogens is 2. The van der Waals surface area contributed by atoms with E-state index in [1.807, 2.05) is 18.2 Å². The molecule has 2 saturated heterocycles. The Hall–Kier alpha value is -2.10. The maximum atomic E-state index is 12.3. The van der Waals surface area contributed by atoms with Crippen LogP contribution in [-0.2, 0) is 11.8 Å². The lowest BCUT2D eigenvalue weighted by Gasteiger charge is -2.45. The highest BCUT2D eigenvalue weighted by Crippen LogP contribution is 2.31. The summed E-state index contributed by atoms with van der Waals surface area (Å²) in [5.74, 6) is 0.262. The van der Waals surface area contributed by atoms with Gasteiger partial charge in [0, 0.05) is 63.9 Å². The minimum absolute atomic E-state index is 0.196. The first kappa shape index (κ1) is 21.1. The molecule has 1 aromatic carbocycles. The third-order valence-corrected chi connectivity index (χ3v) is 6.39. The first-order valence-corrected chi connectivity index (χ1v) is 11.2. The number of hydrogen-bond donors (Lipinski definition) is 2. The zero-order valence-electron chi connectivity index (χ0n) is 17.5. The van der Waals surface area contributed by atoms with E-state index in [0.29, 0.717) is 22.4 Å². The molecule has 0 bridgehead atoms. The number of anilines is 4. The fourth-order valence-electron chi connectivity index (χ4n) is 4.41. The highest BCUT2D eigenvalue weighted by molar-refractivity contribution is 9.10. The number of piperazine rings is 1. The molecule has 30 heavy (non-hydrogen) atoms. The average molecular weight is 477 g/mol. The van der Waals surface area contributed by atoms with Crippen LogP contribution in [0.2, 0.25) is 0 Å². The topological polar surface area (TPSA) is 88.7 Å². The molecule has 1 aromatic heterocycles. The number of nitrogens with one attached hydrogen (secondary N) is 1. The van der Waals surface area contributed by atoms with Gasteiger partial charge in [0.1, 0.15) is 4.60 Å². The van der Waals surface area contributed by atoms with E-state index in [0.717, 1.165) is 57.1 Å². The number of ether oxygens (including phenoxy) is 1. The first-order valence-electron chi connectivity index (χ1n) is 10.4. The van der Waals surface area contributed by atoms with E-state index < -0.39 is 0 Å². The van der Waals surface area contributed by atoms with Gasteiger partial charge in [0.25, 0.3) is 5.56 Å². The van der Waals surface area contributed by atoms with Crippen LogP contribution in [0.1, 0.15) is 19.8 Å². The Bertz CT molecular complexity index is 959. The number of rotatable bonds is 4. The molecule has 1 atom stereocenters. The minimum Gasteiger partial charge on any atom is -0.397 e. The maximum absolute atomic E-state index is 12.3. The van der Waals surface area contributed by atoms with Gasteiger partial charge in [0.15, 0.2) is 5.82 Å². The first-order chi connectivity index (χ1) is 14.4. The van der Waals surface area contributed by atoms with E-state index in [4.69, 9.17) is 10.5 Å². The number of nitrogen functional groups attached to an aromatic ring is 1. The molecule has 0 radical (unpaired) electrons. The highest BCUT2D eigenvalue weighted by Gasteiger charge is 2.30. The van der Waals surface area contributed by atoms with Gasteiger partial charge in [0.2, 0.25) is 0 Å². The summed E-state index contributed by atoms with van der Waals surface area (Å²) >= 11 is 3.33. The van der Waals surface area contributed by atoms with Crippen LogP contribution in [0, 0.1) is 0 Å². The minimum atomic E-state index is -0.196. The van der Waals surface area contributed by atoms with Crippen molar-refractivity contribution in [3.05, 3.63) is 39.4 Å². The summed E-state index contributed by atoms with van der Waals surface area (Å²) in [7, 11) is 1.69. The molecule has 3 heterocycles. The number of halogens is 1. The van der Waals surface area contributed by atoms with Crippen molar-refractivity contribution in [3.63, 3.8) is 0 Å². The van der Waals surface area contributed by atoms with Crippen molar-refractivity contribution < 1.29 is 4.74 Å². The Morgan fingerprint density at radius 3 is 2.73 bits per heavy atom. The van der Waals surface area contributed by atoms with E-state index in [2.05, 4.69) is 43.0 Å². The summed E-state index contributed by atoms with van der Waals surface area (Å²) < 4.78 is 7.58. The second kappa shape index (κ2) is 8.95. The predicted octanol–water partition coefficient (Wildman–Crippen LogP) is 2.56. The fraction of sp³-hybridized carbons (Fsp3) is 0.524. The van der Waals surface area contributed by atoms with Crippen molar-refractivity contribution in [2.24, 2.45) is 7.05 Å². The predicted molar refractivity (Wildman–Crippen MR) is 124 cm³/mol. The highest BCUT2D eigenvalue weighted by atomic mass is 79.9. The van der Waals surface area contributed by atoms with Crippen molar-refractivity contribution in [2.75, 3.05) is 48.8 Å². The zero-order valence-corrected chi connectivity index (χ0v) is 19.1. The van der Waals surface area contributed by atoms with E-state index in [9.17, 15) is 4.79 Å². The van der Waals surface area contributed by atoms with Gasteiger partial charge in [-0.1, -0.05) is 0 Å². The van der Waals surface area contributed by atoms with Crippen LogP contribution in [0.4, 0.5) is 22.9 Å². The molecule has 4 rings (SSSR count). The van der Waals surface area contributed by atoms with Crippen LogP contribution in [-0.4, -0.2) is 59.4 Å². The van der Waals surface area contributed by atoms with Gasteiger partial charge in [0.05, 0.1) is 11.4 Å². The Kier molecular flexibility index (Phi) is 6.31. The van der Waals surface area contributed by atoms with Crippen LogP contribution >= 0.6 is 15.9 Å². The largest absolute Gasteiger partial charge is 0.397 e. The van der Waals surface area contributed by atoms with Crippen molar-refractivity contribution in [1.82, 2.24) is 14.5 Å². The van der Waals surface area contributed by atoms with Crippen LogP contribution in [0.25, 0.3) is 0 Å². The Labute approximate surface area is 185 Å². The maximum Gasteiger partial charge on any atom is 0.293 e. The lowest BCUT2D eigenvalue weighted by Crippen LogP contribution is -2.56. The molecule has 2 fully saturated rings. The summed E-state index contributed by atoms with van der Waals surface area (Å²) in [5, 5.41) is 3.09. The molecule has 0 saturated carbocycles. The van der Waals surface area contributed by atoms with Gasteiger partial charge in [-0.15, -0.1) is 0 Å². The second-order valence-electron chi connectivity index (χ2n) is 8.11. The number of aryl methyl sites for hydroxylation is 1. The molecule has 2 aromatic rings. The molecule has 162 valence electrons.